The van der Waals surface area contributed by atoms with E-state index in [-0.39, 0.29) is 5.91 Å². The summed E-state index contributed by atoms with van der Waals surface area (Å²) >= 11 is 0. The Labute approximate surface area is 90.7 Å². The van der Waals surface area contributed by atoms with Crippen LogP contribution in [0.1, 0.15) is 24.0 Å². The average Bonchev–Trinajstić information content (AvgIpc) is 2.20. The SMILES string of the molecule is CNCc1ccc(CCCC(N)=O)cc1. The van der Waals surface area contributed by atoms with Crippen LogP contribution in [0.4, 0.5) is 0 Å². The van der Waals surface area contributed by atoms with Gasteiger partial charge < -0.3 is 11.1 Å². The molecular formula is C12H18N2O. The van der Waals surface area contributed by atoms with Gasteiger partial charge in [0.1, 0.15) is 0 Å². The molecule has 1 aromatic carbocycles. The van der Waals surface area contributed by atoms with E-state index in [9.17, 15) is 4.79 Å². The summed E-state index contributed by atoms with van der Waals surface area (Å²) in [6.07, 6.45) is 2.22. The van der Waals surface area contributed by atoms with Gasteiger partial charge in [-0.2, -0.15) is 0 Å². The first kappa shape index (κ1) is 11.7. The zero-order chi connectivity index (χ0) is 11.1. The van der Waals surface area contributed by atoms with Crippen molar-refractivity contribution in [3.8, 4) is 0 Å². The maximum Gasteiger partial charge on any atom is 0.217 e. The molecule has 0 aliphatic heterocycles. The number of amides is 1. The smallest absolute Gasteiger partial charge is 0.217 e. The van der Waals surface area contributed by atoms with E-state index >= 15 is 0 Å². The lowest BCUT2D eigenvalue weighted by atomic mass is 10.1. The topological polar surface area (TPSA) is 55.1 Å². The minimum absolute atomic E-state index is 0.221. The lowest BCUT2D eigenvalue weighted by Gasteiger charge is -2.03. The minimum Gasteiger partial charge on any atom is -0.370 e. The highest BCUT2D eigenvalue weighted by atomic mass is 16.1. The second kappa shape index (κ2) is 6.19. The molecule has 0 spiro atoms. The zero-order valence-corrected chi connectivity index (χ0v) is 9.12. The molecule has 1 amide bonds. The molecule has 3 N–H and O–H groups in total. The van der Waals surface area contributed by atoms with E-state index in [0.29, 0.717) is 6.42 Å². The zero-order valence-electron chi connectivity index (χ0n) is 9.12. The number of carbonyl (C=O) groups is 1. The van der Waals surface area contributed by atoms with E-state index in [1.54, 1.807) is 0 Å². The number of benzene rings is 1. The van der Waals surface area contributed by atoms with Crippen LogP contribution in [0.15, 0.2) is 24.3 Å². The third kappa shape index (κ3) is 4.61. The molecule has 3 heteroatoms. The van der Waals surface area contributed by atoms with E-state index in [2.05, 4.69) is 29.6 Å². The Balaban J connectivity index is 2.39. The van der Waals surface area contributed by atoms with Gasteiger partial charge in [-0.15, -0.1) is 0 Å². The number of nitrogens with one attached hydrogen (secondary N) is 1. The standard InChI is InChI=1S/C12H18N2O/c1-14-9-11-7-5-10(6-8-11)3-2-4-12(13)15/h5-8,14H,2-4,9H2,1H3,(H2,13,15). The van der Waals surface area contributed by atoms with Gasteiger partial charge >= 0.3 is 0 Å². The molecule has 0 atom stereocenters. The summed E-state index contributed by atoms with van der Waals surface area (Å²) in [6.45, 7) is 0.890. The van der Waals surface area contributed by atoms with Gasteiger partial charge in [0, 0.05) is 13.0 Å². The Kier molecular flexibility index (Phi) is 4.84. The largest absolute Gasteiger partial charge is 0.370 e. The summed E-state index contributed by atoms with van der Waals surface area (Å²) in [4.78, 5) is 10.5. The van der Waals surface area contributed by atoms with Gasteiger partial charge in [0.2, 0.25) is 5.91 Å². The second-order valence-corrected chi connectivity index (χ2v) is 3.67. The van der Waals surface area contributed by atoms with Gasteiger partial charge in [-0.25, -0.2) is 0 Å². The molecule has 0 bridgehead atoms. The summed E-state index contributed by atoms with van der Waals surface area (Å²) in [5.74, 6) is -0.221. The highest BCUT2D eigenvalue weighted by Crippen LogP contribution is 2.07. The molecule has 0 aliphatic carbocycles. The molecule has 0 unspecified atom stereocenters. The van der Waals surface area contributed by atoms with Crippen molar-refractivity contribution in [1.29, 1.82) is 0 Å². The van der Waals surface area contributed by atoms with Gasteiger partial charge in [-0.05, 0) is 31.0 Å². The predicted octanol–water partition coefficient (Wildman–Crippen LogP) is 1.21. The predicted molar refractivity (Wildman–Crippen MR) is 61.3 cm³/mol. The highest BCUT2D eigenvalue weighted by Gasteiger charge is 1.97. The third-order valence-corrected chi connectivity index (χ3v) is 2.29. The maximum atomic E-state index is 10.5. The first-order valence-electron chi connectivity index (χ1n) is 5.23. The van der Waals surface area contributed by atoms with Gasteiger partial charge in [0.25, 0.3) is 0 Å². The summed E-state index contributed by atoms with van der Waals surface area (Å²) in [5, 5.41) is 3.10. The van der Waals surface area contributed by atoms with Crippen molar-refractivity contribution in [2.75, 3.05) is 7.05 Å². The van der Waals surface area contributed by atoms with Crippen LogP contribution in [-0.2, 0) is 17.8 Å². The van der Waals surface area contributed by atoms with Crippen LogP contribution in [0.2, 0.25) is 0 Å². The summed E-state index contributed by atoms with van der Waals surface area (Å²) in [5.41, 5.74) is 7.61. The molecular weight excluding hydrogens is 188 g/mol. The minimum atomic E-state index is -0.221. The average molecular weight is 206 g/mol. The van der Waals surface area contributed by atoms with Crippen molar-refractivity contribution in [3.05, 3.63) is 35.4 Å². The summed E-state index contributed by atoms with van der Waals surface area (Å²) < 4.78 is 0. The van der Waals surface area contributed by atoms with Crippen LogP contribution < -0.4 is 11.1 Å². The van der Waals surface area contributed by atoms with E-state index < -0.39 is 0 Å². The van der Waals surface area contributed by atoms with E-state index in [4.69, 9.17) is 5.73 Å². The maximum absolute atomic E-state index is 10.5. The van der Waals surface area contributed by atoms with Crippen molar-refractivity contribution in [2.45, 2.75) is 25.8 Å². The fraction of sp³-hybridized carbons (Fsp3) is 0.417. The molecule has 0 radical (unpaired) electrons. The van der Waals surface area contributed by atoms with Gasteiger partial charge in [0.15, 0.2) is 0 Å². The number of carbonyl (C=O) groups excluding carboxylic acids is 1. The fourth-order valence-electron chi connectivity index (χ4n) is 1.49. The quantitative estimate of drug-likeness (QED) is 0.735. The number of rotatable bonds is 6. The molecule has 3 nitrogen and oxygen atoms in total. The Bertz CT molecular complexity index is 306. The van der Waals surface area contributed by atoms with Crippen molar-refractivity contribution >= 4 is 5.91 Å². The van der Waals surface area contributed by atoms with Gasteiger partial charge in [0.05, 0.1) is 0 Å². The molecule has 0 fully saturated rings. The van der Waals surface area contributed by atoms with Gasteiger partial charge in [-0.1, -0.05) is 24.3 Å². The number of nitrogens with two attached hydrogens (primary N) is 1. The van der Waals surface area contributed by atoms with Gasteiger partial charge in [-0.3, -0.25) is 4.79 Å². The first-order chi connectivity index (χ1) is 7.22. The lowest BCUT2D eigenvalue weighted by Crippen LogP contribution is -2.10. The molecule has 0 aromatic heterocycles. The molecule has 0 saturated heterocycles. The van der Waals surface area contributed by atoms with Crippen LogP contribution in [0, 0.1) is 0 Å². The Morgan fingerprint density at radius 3 is 2.40 bits per heavy atom. The van der Waals surface area contributed by atoms with Crippen LogP contribution >= 0.6 is 0 Å². The number of aryl methyl sites for hydroxylation is 1. The van der Waals surface area contributed by atoms with Crippen LogP contribution in [-0.4, -0.2) is 13.0 Å². The Morgan fingerprint density at radius 2 is 1.87 bits per heavy atom. The molecule has 0 heterocycles. The fourth-order valence-corrected chi connectivity index (χ4v) is 1.49. The Hall–Kier alpha value is -1.35. The number of primary amides is 1. The molecule has 82 valence electrons. The number of hydrogen-bond acceptors (Lipinski definition) is 2. The third-order valence-electron chi connectivity index (χ3n) is 2.29. The van der Waals surface area contributed by atoms with E-state index in [0.717, 1.165) is 19.4 Å². The lowest BCUT2D eigenvalue weighted by molar-refractivity contribution is -0.118. The van der Waals surface area contributed by atoms with Crippen molar-refractivity contribution < 1.29 is 4.79 Å². The van der Waals surface area contributed by atoms with E-state index in [1.807, 2.05) is 7.05 Å². The molecule has 1 aromatic rings. The van der Waals surface area contributed by atoms with Crippen molar-refractivity contribution in [2.24, 2.45) is 5.73 Å². The normalized spacial score (nSPS) is 10.2. The summed E-state index contributed by atoms with van der Waals surface area (Å²) in [7, 11) is 1.93. The second-order valence-electron chi connectivity index (χ2n) is 3.67. The van der Waals surface area contributed by atoms with Crippen LogP contribution in [0.3, 0.4) is 0 Å². The Morgan fingerprint density at radius 1 is 1.27 bits per heavy atom. The van der Waals surface area contributed by atoms with Crippen molar-refractivity contribution in [3.63, 3.8) is 0 Å². The van der Waals surface area contributed by atoms with Crippen LogP contribution in [0.25, 0.3) is 0 Å². The van der Waals surface area contributed by atoms with Crippen molar-refractivity contribution in [1.82, 2.24) is 5.32 Å². The summed E-state index contributed by atoms with van der Waals surface area (Å²) in [6, 6.07) is 8.42. The molecule has 15 heavy (non-hydrogen) atoms. The molecule has 1 rings (SSSR count). The highest BCUT2D eigenvalue weighted by molar-refractivity contribution is 5.73. The number of hydrogen-bond donors (Lipinski definition) is 2. The first-order valence-corrected chi connectivity index (χ1v) is 5.23. The van der Waals surface area contributed by atoms with Crippen LogP contribution in [0.5, 0.6) is 0 Å². The molecule has 0 aliphatic rings. The monoisotopic (exact) mass is 206 g/mol. The molecule has 0 saturated carbocycles. The van der Waals surface area contributed by atoms with E-state index in [1.165, 1.54) is 11.1 Å².